The molecule has 0 atom stereocenters. The van der Waals surface area contributed by atoms with Gasteiger partial charge in [0.25, 0.3) is 0 Å². The highest BCUT2D eigenvalue weighted by molar-refractivity contribution is 5.79. The number of amides is 1. The minimum Gasteiger partial charge on any atom is -0.370 e. The average molecular weight is 424 g/mol. The van der Waals surface area contributed by atoms with Gasteiger partial charge in [-0.05, 0) is 68.8 Å². The van der Waals surface area contributed by atoms with Crippen molar-refractivity contribution in [1.29, 1.82) is 0 Å². The second-order valence-corrected chi connectivity index (χ2v) is 7.91. The van der Waals surface area contributed by atoms with E-state index < -0.39 is 0 Å². The average Bonchev–Trinajstić information content (AvgIpc) is 2.93. The van der Waals surface area contributed by atoms with Crippen molar-refractivity contribution in [3.05, 3.63) is 77.1 Å². The molecular formula is C24H26F2N4O. The molecule has 31 heavy (non-hydrogen) atoms. The van der Waals surface area contributed by atoms with E-state index in [1.54, 1.807) is 28.9 Å². The van der Waals surface area contributed by atoms with Crippen LogP contribution in [-0.2, 0) is 11.2 Å². The SMILES string of the molecule is Cc1nn(-c2ccc(F)cc2)c(C)c1CC(=O)N1CCCN(c2ccc(F)cc2)CC1. The molecule has 0 N–H and O–H groups in total. The number of rotatable bonds is 4. The minimum atomic E-state index is -0.295. The number of nitrogens with zero attached hydrogens (tertiary/aromatic N) is 4. The molecule has 1 saturated heterocycles. The lowest BCUT2D eigenvalue weighted by atomic mass is 10.1. The van der Waals surface area contributed by atoms with Crippen LogP contribution in [0.4, 0.5) is 14.5 Å². The number of aryl methyl sites for hydroxylation is 1. The molecule has 0 saturated carbocycles. The normalized spacial score (nSPS) is 14.6. The third-order valence-electron chi connectivity index (χ3n) is 5.88. The summed E-state index contributed by atoms with van der Waals surface area (Å²) in [6.45, 7) is 6.69. The van der Waals surface area contributed by atoms with Crippen LogP contribution in [0.5, 0.6) is 0 Å². The quantitative estimate of drug-likeness (QED) is 0.635. The number of carbonyl (C=O) groups excluding carboxylic acids is 1. The highest BCUT2D eigenvalue weighted by atomic mass is 19.1. The largest absolute Gasteiger partial charge is 0.370 e. The lowest BCUT2D eigenvalue weighted by molar-refractivity contribution is -0.130. The van der Waals surface area contributed by atoms with Crippen molar-refractivity contribution < 1.29 is 13.6 Å². The zero-order valence-corrected chi connectivity index (χ0v) is 17.8. The Morgan fingerprint density at radius 3 is 2.13 bits per heavy atom. The van der Waals surface area contributed by atoms with Gasteiger partial charge in [-0.1, -0.05) is 0 Å². The van der Waals surface area contributed by atoms with Crippen molar-refractivity contribution in [3.63, 3.8) is 0 Å². The van der Waals surface area contributed by atoms with Crippen molar-refractivity contribution in [2.75, 3.05) is 31.1 Å². The predicted octanol–water partition coefficient (Wildman–Crippen LogP) is 4.05. The zero-order valence-electron chi connectivity index (χ0n) is 17.8. The van der Waals surface area contributed by atoms with Crippen LogP contribution in [0.3, 0.4) is 0 Å². The summed E-state index contributed by atoms with van der Waals surface area (Å²) in [6.07, 6.45) is 1.14. The molecule has 0 spiro atoms. The number of halogens is 2. The first-order chi connectivity index (χ1) is 14.9. The number of hydrogen-bond acceptors (Lipinski definition) is 3. The maximum atomic E-state index is 13.3. The van der Waals surface area contributed by atoms with E-state index >= 15 is 0 Å². The molecule has 1 aromatic heterocycles. The predicted molar refractivity (Wildman–Crippen MR) is 117 cm³/mol. The standard InChI is InChI=1S/C24H26F2N4O/c1-17-23(18(2)30(27-17)22-10-6-20(26)7-11-22)16-24(31)29-13-3-12-28(14-15-29)21-8-4-19(25)5-9-21/h4-11H,3,12-16H2,1-2H3. The van der Waals surface area contributed by atoms with Gasteiger partial charge >= 0.3 is 0 Å². The number of benzene rings is 2. The van der Waals surface area contributed by atoms with Gasteiger partial charge in [-0.2, -0.15) is 5.10 Å². The molecule has 2 aromatic carbocycles. The molecule has 1 amide bonds. The van der Waals surface area contributed by atoms with Crippen molar-refractivity contribution >= 4 is 11.6 Å². The summed E-state index contributed by atoms with van der Waals surface area (Å²) >= 11 is 0. The van der Waals surface area contributed by atoms with Gasteiger partial charge in [0, 0.05) is 43.1 Å². The fourth-order valence-corrected chi connectivity index (χ4v) is 4.10. The highest BCUT2D eigenvalue weighted by Gasteiger charge is 2.22. The maximum absolute atomic E-state index is 13.3. The van der Waals surface area contributed by atoms with Gasteiger partial charge in [0.15, 0.2) is 0 Å². The summed E-state index contributed by atoms with van der Waals surface area (Å²) in [7, 11) is 0. The molecule has 7 heteroatoms. The van der Waals surface area contributed by atoms with Crippen LogP contribution in [0.25, 0.3) is 5.69 Å². The minimum absolute atomic E-state index is 0.0748. The Kier molecular flexibility index (Phi) is 6.02. The first kappa shape index (κ1) is 21.0. The van der Waals surface area contributed by atoms with Gasteiger partial charge in [-0.15, -0.1) is 0 Å². The molecule has 2 heterocycles. The van der Waals surface area contributed by atoms with Crippen molar-refractivity contribution in [3.8, 4) is 5.69 Å². The van der Waals surface area contributed by atoms with Gasteiger partial charge in [0.1, 0.15) is 11.6 Å². The molecule has 1 aliphatic rings. The Morgan fingerprint density at radius 2 is 1.48 bits per heavy atom. The van der Waals surface area contributed by atoms with E-state index in [0.29, 0.717) is 19.6 Å². The van der Waals surface area contributed by atoms with Crippen LogP contribution in [-0.4, -0.2) is 46.8 Å². The third kappa shape index (κ3) is 4.60. The fourth-order valence-electron chi connectivity index (χ4n) is 4.10. The lowest BCUT2D eigenvalue weighted by Gasteiger charge is -2.24. The number of anilines is 1. The van der Waals surface area contributed by atoms with Gasteiger partial charge in [-0.3, -0.25) is 4.79 Å². The van der Waals surface area contributed by atoms with Gasteiger partial charge in [-0.25, -0.2) is 13.5 Å². The summed E-state index contributed by atoms with van der Waals surface area (Å²) < 4.78 is 28.2. The second-order valence-electron chi connectivity index (χ2n) is 7.91. The fraction of sp³-hybridized carbons (Fsp3) is 0.333. The molecule has 1 fully saturated rings. The summed E-state index contributed by atoms with van der Waals surface area (Å²) in [5.74, 6) is -0.468. The van der Waals surface area contributed by atoms with E-state index in [1.165, 1.54) is 24.3 Å². The summed E-state index contributed by atoms with van der Waals surface area (Å²) in [4.78, 5) is 17.2. The molecule has 5 nitrogen and oxygen atoms in total. The molecule has 4 rings (SSSR count). The topological polar surface area (TPSA) is 41.4 Å². The molecule has 0 bridgehead atoms. The maximum Gasteiger partial charge on any atom is 0.227 e. The number of hydrogen-bond donors (Lipinski definition) is 0. The number of aromatic nitrogens is 2. The second kappa shape index (κ2) is 8.88. The van der Waals surface area contributed by atoms with Gasteiger partial charge in [0.05, 0.1) is 17.8 Å². The Bertz CT molecular complexity index is 1060. The molecule has 162 valence electrons. The number of carbonyl (C=O) groups is 1. The van der Waals surface area contributed by atoms with Gasteiger partial charge in [0.2, 0.25) is 5.91 Å². The van der Waals surface area contributed by atoms with Crippen LogP contribution in [0.2, 0.25) is 0 Å². The Hall–Kier alpha value is -3.22. The van der Waals surface area contributed by atoms with Crippen LogP contribution in [0, 0.1) is 25.5 Å². The van der Waals surface area contributed by atoms with E-state index in [4.69, 9.17) is 0 Å². The highest BCUT2D eigenvalue weighted by Crippen LogP contribution is 2.21. The summed E-state index contributed by atoms with van der Waals surface area (Å²) in [5.41, 5.74) is 4.35. The van der Waals surface area contributed by atoms with Crippen LogP contribution in [0.15, 0.2) is 48.5 Å². The van der Waals surface area contributed by atoms with Crippen molar-refractivity contribution in [2.24, 2.45) is 0 Å². The Balaban J connectivity index is 1.45. The lowest BCUT2D eigenvalue weighted by Crippen LogP contribution is -2.36. The van der Waals surface area contributed by atoms with E-state index in [2.05, 4.69) is 10.00 Å². The molecule has 0 aliphatic carbocycles. The monoisotopic (exact) mass is 424 g/mol. The zero-order chi connectivity index (χ0) is 22.0. The van der Waals surface area contributed by atoms with Crippen LogP contribution < -0.4 is 4.90 Å². The van der Waals surface area contributed by atoms with E-state index in [0.717, 1.165) is 41.3 Å². The first-order valence-corrected chi connectivity index (χ1v) is 10.5. The van der Waals surface area contributed by atoms with Crippen LogP contribution in [0.1, 0.15) is 23.4 Å². The summed E-state index contributed by atoms with van der Waals surface area (Å²) in [5, 5.41) is 4.57. The molecular weight excluding hydrogens is 398 g/mol. The smallest absolute Gasteiger partial charge is 0.227 e. The van der Waals surface area contributed by atoms with Gasteiger partial charge < -0.3 is 9.80 Å². The van der Waals surface area contributed by atoms with E-state index in [1.807, 2.05) is 18.7 Å². The Labute approximate surface area is 180 Å². The molecule has 3 aromatic rings. The Morgan fingerprint density at radius 1 is 0.871 bits per heavy atom. The first-order valence-electron chi connectivity index (χ1n) is 10.5. The van der Waals surface area contributed by atoms with Crippen LogP contribution >= 0.6 is 0 Å². The van der Waals surface area contributed by atoms with E-state index in [-0.39, 0.29) is 24.0 Å². The van der Waals surface area contributed by atoms with E-state index in [9.17, 15) is 13.6 Å². The van der Waals surface area contributed by atoms with Crippen molar-refractivity contribution in [2.45, 2.75) is 26.7 Å². The molecule has 1 aliphatic heterocycles. The summed E-state index contributed by atoms with van der Waals surface area (Å²) in [6, 6.07) is 12.7. The molecule has 0 radical (unpaired) electrons. The third-order valence-corrected chi connectivity index (χ3v) is 5.88. The van der Waals surface area contributed by atoms with Crippen molar-refractivity contribution in [1.82, 2.24) is 14.7 Å². The molecule has 0 unspecified atom stereocenters.